The van der Waals surface area contributed by atoms with Gasteiger partial charge in [-0.1, -0.05) is 60.0 Å². The zero-order valence-electron chi connectivity index (χ0n) is 12.0. The van der Waals surface area contributed by atoms with E-state index < -0.39 is 0 Å². The number of pyridine rings is 2. The zero-order chi connectivity index (χ0) is 15.4. The molecular weight excluding hydrogens is 335 g/mol. The molecule has 0 aliphatic rings. The molecule has 4 aromatic rings. The second-order valence-corrected chi connectivity index (χ2v) is 4.66. The van der Waals surface area contributed by atoms with E-state index in [1.807, 2.05) is 36.4 Å². The Morgan fingerprint density at radius 1 is 0.565 bits per heavy atom. The number of hydrogen-bond acceptors (Lipinski definition) is 4. The molecule has 2 heterocycles. The summed E-state index contributed by atoms with van der Waals surface area (Å²) in [5.41, 5.74) is 1.10. The van der Waals surface area contributed by atoms with Gasteiger partial charge in [0.2, 0.25) is 0 Å². The SMILES string of the molecule is [Ni+2].[O-]c1cccc2cccnc12.[O-]c1cccc2cccnc12. The molecule has 2 aromatic carbocycles. The Morgan fingerprint density at radius 2 is 0.957 bits per heavy atom. The summed E-state index contributed by atoms with van der Waals surface area (Å²) in [6.45, 7) is 0. The number of para-hydroxylation sites is 2. The number of rotatable bonds is 0. The van der Waals surface area contributed by atoms with Crippen molar-refractivity contribution in [2.24, 2.45) is 0 Å². The summed E-state index contributed by atoms with van der Waals surface area (Å²) < 4.78 is 0. The first-order valence-corrected chi connectivity index (χ1v) is 6.77. The maximum absolute atomic E-state index is 11.1. The van der Waals surface area contributed by atoms with Crippen molar-refractivity contribution < 1.29 is 26.7 Å². The summed E-state index contributed by atoms with van der Waals surface area (Å²) in [6.07, 6.45) is 3.26. The van der Waals surface area contributed by atoms with Gasteiger partial charge in [-0.3, -0.25) is 9.97 Å². The topological polar surface area (TPSA) is 71.9 Å². The fourth-order valence-electron chi connectivity index (χ4n) is 2.15. The summed E-state index contributed by atoms with van der Waals surface area (Å²) in [4.78, 5) is 7.94. The Kier molecular flexibility index (Phi) is 5.50. The van der Waals surface area contributed by atoms with Crippen LogP contribution in [0.3, 0.4) is 0 Å². The Hall–Kier alpha value is -2.65. The van der Waals surface area contributed by atoms with Crippen molar-refractivity contribution >= 4 is 21.8 Å². The van der Waals surface area contributed by atoms with Crippen LogP contribution < -0.4 is 10.2 Å². The van der Waals surface area contributed by atoms with E-state index in [1.165, 1.54) is 12.1 Å². The first-order valence-electron chi connectivity index (χ1n) is 6.77. The smallest absolute Gasteiger partial charge is 0.871 e. The summed E-state index contributed by atoms with van der Waals surface area (Å²) in [5, 5.41) is 24.0. The third-order valence-electron chi connectivity index (χ3n) is 3.19. The van der Waals surface area contributed by atoms with Gasteiger partial charge in [0, 0.05) is 12.4 Å². The van der Waals surface area contributed by atoms with Crippen LogP contribution in [0.4, 0.5) is 0 Å². The molecule has 4 nitrogen and oxygen atoms in total. The van der Waals surface area contributed by atoms with E-state index in [4.69, 9.17) is 0 Å². The largest absolute Gasteiger partial charge is 2.00 e. The Bertz CT molecular complexity index is 841. The fraction of sp³-hybridized carbons (Fsp3) is 0. The van der Waals surface area contributed by atoms with Gasteiger partial charge in [0.05, 0.1) is 11.0 Å². The maximum Gasteiger partial charge on any atom is 2.00 e. The molecule has 0 amide bonds. The van der Waals surface area contributed by atoms with Gasteiger partial charge in [-0.05, 0) is 22.9 Å². The molecule has 0 fully saturated rings. The van der Waals surface area contributed by atoms with Gasteiger partial charge < -0.3 is 10.2 Å². The fourth-order valence-corrected chi connectivity index (χ4v) is 2.15. The van der Waals surface area contributed by atoms with Crippen LogP contribution >= 0.6 is 0 Å². The van der Waals surface area contributed by atoms with Crippen molar-refractivity contribution in [2.75, 3.05) is 0 Å². The van der Waals surface area contributed by atoms with Gasteiger partial charge in [-0.25, -0.2) is 0 Å². The van der Waals surface area contributed by atoms with E-state index in [0.717, 1.165) is 10.8 Å². The predicted molar refractivity (Wildman–Crippen MR) is 82.4 cm³/mol. The van der Waals surface area contributed by atoms with Crippen LogP contribution in [-0.4, -0.2) is 9.97 Å². The minimum Gasteiger partial charge on any atom is -0.871 e. The molecule has 23 heavy (non-hydrogen) atoms. The first kappa shape index (κ1) is 16.7. The van der Waals surface area contributed by atoms with Crippen LogP contribution in [0.15, 0.2) is 73.1 Å². The van der Waals surface area contributed by atoms with Gasteiger partial charge in [0.15, 0.2) is 0 Å². The molecule has 5 heteroatoms. The summed E-state index contributed by atoms with van der Waals surface area (Å²) in [5.74, 6) is -0.0220. The molecule has 0 saturated carbocycles. The Balaban J connectivity index is 0.000000160. The predicted octanol–water partition coefficient (Wildman–Crippen LogP) is 2.61. The van der Waals surface area contributed by atoms with Gasteiger partial charge >= 0.3 is 16.5 Å². The molecule has 0 saturated heterocycles. The number of hydrogen-bond donors (Lipinski definition) is 0. The first-order chi connectivity index (χ1) is 10.8. The molecule has 116 valence electrons. The summed E-state index contributed by atoms with van der Waals surface area (Å²) in [6, 6.07) is 17.7. The zero-order valence-corrected chi connectivity index (χ0v) is 12.9. The second kappa shape index (κ2) is 7.57. The van der Waals surface area contributed by atoms with E-state index in [0.29, 0.717) is 11.0 Å². The molecule has 0 aliphatic heterocycles. The van der Waals surface area contributed by atoms with Gasteiger partial charge in [-0.2, -0.15) is 0 Å². The molecule has 0 N–H and O–H groups in total. The van der Waals surface area contributed by atoms with Crippen LogP contribution in [0.2, 0.25) is 0 Å². The Morgan fingerprint density at radius 3 is 1.35 bits per heavy atom. The molecule has 0 atom stereocenters. The Labute approximate surface area is 143 Å². The summed E-state index contributed by atoms with van der Waals surface area (Å²) in [7, 11) is 0. The standard InChI is InChI=1S/2C9H7NO.Ni/c2*11-8-5-1-3-7-4-2-6-10-9(7)8;/h2*1-6,11H;/q;;+2/p-2. The van der Waals surface area contributed by atoms with Crippen molar-refractivity contribution in [2.45, 2.75) is 0 Å². The van der Waals surface area contributed by atoms with E-state index in [9.17, 15) is 10.2 Å². The minimum atomic E-state index is -0.0110. The third kappa shape index (κ3) is 3.76. The summed E-state index contributed by atoms with van der Waals surface area (Å²) >= 11 is 0. The molecular formula is C18H12N2NiO2. The quantitative estimate of drug-likeness (QED) is 0.459. The molecule has 4 rings (SSSR count). The number of fused-ring (bicyclic) bond motifs is 2. The van der Waals surface area contributed by atoms with Gasteiger partial charge in [-0.15, -0.1) is 0 Å². The second-order valence-electron chi connectivity index (χ2n) is 4.66. The average molecular weight is 347 g/mol. The molecule has 0 aliphatic carbocycles. The number of nitrogens with zero attached hydrogens (tertiary/aromatic N) is 2. The van der Waals surface area contributed by atoms with Gasteiger partial charge in [0.1, 0.15) is 0 Å². The normalized spacial score (nSPS) is 9.74. The number of aromatic nitrogens is 2. The molecule has 0 bridgehead atoms. The van der Waals surface area contributed by atoms with Crippen LogP contribution in [-0.2, 0) is 16.5 Å². The average Bonchev–Trinajstić information content (AvgIpc) is 2.57. The molecule has 2 aromatic heterocycles. The molecule has 0 radical (unpaired) electrons. The monoisotopic (exact) mass is 346 g/mol. The molecule has 0 unspecified atom stereocenters. The van der Waals surface area contributed by atoms with Crippen LogP contribution in [0.25, 0.3) is 21.8 Å². The van der Waals surface area contributed by atoms with Crippen molar-refractivity contribution in [3.8, 4) is 11.5 Å². The van der Waals surface area contributed by atoms with Crippen molar-refractivity contribution in [1.29, 1.82) is 0 Å². The molecule has 0 spiro atoms. The van der Waals surface area contributed by atoms with Crippen LogP contribution in [0, 0.1) is 0 Å². The third-order valence-corrected chi connectivity index (χ3v) is 3.19. The van der Waals surface area contributed by atoms with E-state index >= 15 is 0 Å². The van der Waals surface area contributed by atoms with Crippen LogP contribution in [0.5, 0.6) is 11.5 Å². The van der Waals surface area contributed by atoms with Crippen molar-refractivity contribution in [1.82, 2.24) is 9.97 Å². The van der Waals surface area contributed by atoms with E-state index in [2.05, 4.69) is 9.97 Å². The van der Waals surface area contributed by atoms with Crippen molar-refractivity contribution in [3.05, 3.63) is 73.1 Å². The number of benzene rings is 2. The van der Waals surface area contributed by atoms with E-state index in [1.54, 1.807) is 24.5 Å². The van der Waals surface area contributed by atoms with Gasteiger partial charge in [0.25, 0.3) is 0 Å². The minimum absolute atomic E-state index is 0. The van der Waals surface area contributed by atoms with E-state index in [-0.39, 0.29) is 28.0 Å². The van der Waals surface area contributed by atoms with Crippen LogP contribution in [0.1, 0.15) is 0 Å². The van der Waals surface area contributed by atoms with Crippen molar-refractivity contribution in [3.63, 3.8) is 0 Å². The maximum atomic E-state index is 11.1.